The van der Waals surface area contributed by atoms with Crippen LogP contribution in [0.2, 0.25) is 0 Å². The van der Waals surface area contributed by atoms with E-state index in [0.29, 0.717) is 6.54 Å². The molecule has 1 heterocycles. The summed E-state index contributed by atoms with van der Waals surface area (Å²) in [5.74, 6) is 0.133. The average molecular weight is 286 g/mol. The van der Waals surface area contributed by atoms with E-state index in [2.05, 4.69) is 28.4 Å². The van der Waals surface area contributed by atoms with Crippen LogP contribution < -0.4 is 5.32 Å². The van der Waals surface area contributed by atoms with Gasteiger partial charge in [0.25, 0.3) is 0 Å². The monoisotopic (exact) mass is 286 g/mol. The van der Waals surface area contributed by atoms with E-state index in [4.69, 9.17) is 0 Å². The second kappa shape index (κ2) is 7.08. The first-order chi connectivity index (χ1) is 10.3. The topological polar surface area (TPSA) is 32.3 Å². The summed E-state index contributed by atoms with van der Waals surface area (Å²) < 4.78 is 0. The van der Waals surface area contributed by atoms with Crippen LogP contribution in [0.15, 0.2) is 18.2 Å². The standard InChI is InChI=1S/C18H26N2O/c21-18(14-20-11-4-2-1-3-5-12-20)19-17-10-9-15-7-6-8-16(15)13-17/h9-10,13H,1-8,11-12,14H2,(H,19,21). The van der Waals surface area contributed by atoms with Crippen molar-refractivity contribution in [2.45, 2.75) is 51.4 Å². The van der Waals surface area contributed by atoms with Gasteiger partial charge < -0.3 is 5.32 Å². The van der Waals surface area contributed by atoms with Crippen molar-refractivity contribution in [3.05, 3.63) is 29.3 Å². The molecule has 3 heteroatoms. The van der Waals surface area contributed by atoms with E-state index < -0.39 is 0 Å². The number of fused-ring (bicyclic) bond motifs is 1. The molecule has 3 nitrogen and oxygen atoms in total. The highest BCUT2D eigenvalue weighted by atomic mass is 16.2. The van der Waals surface area contributed by atoms with Crippen LogP contribution in [0, 0.1) is 0 Å². The van der Waals surface area contributed by atoms with E-state index >= 15 is 0 Å². The van der Waals surface area contributed by atoms with E-state index in [1.54, 1.807) is 0 Å². The molecule has 0 aromatic heterocycles. The van der Waals surface area contributed by atoms with Crippen LogP contribution in [0.3, 0.4) is 0 Å². The van der Waals surface area contributed by atoms with E-state index in [-0.39, 0.29) is 5.91 Å². The SMILES string of the molecule is O=C(CN1CCCCCCC1)Nc1ccc2c(c1)CCC2. The van der Waals surface area contributed by atoms with Crippen molar-refractivity contribution in [2.75, 3.05) is 25.0 Å². The van der Waals surface area contributed by atoms with Crippen molar-refractivity contribution in [1.29, 1.82) is 0 Å². The van der Waals surface area contributed by atoms with Gasteiger partial charge in [-0.05, 0) is 68.5 Å². The van der Waals surface area contributed by atoms with E-state index in [1.807, 2.05) is 0 Å². The quantitative estimate of drug-likeness (QED) is 0.924. The molecule has 1 saturated heterocycles. The minimum Gasteiger partial charge on any atom is -0.325 e. The summed E-state index contributed by atoms with van der Waals surface area (Å²) in [5.41, 5.74) is 3.84. The van der Waals surface area contributed by atoms with Gasteiger partial charge in [-0.1, -0.05) is 25.3 Å². The number of rotatable bonds is 3. The number of hydrogen-bond donors (Lipinski definition) is 1. The van der Waals surface area contributed by atoms with Crippen LogP contribution in [0.25, 0.3) is 0 Å². The van der Waals surface area contributed by atoms with Crippen LogP contribution in [0.1, 0.15) is 49.7 Å². The Balaban J connectivity index is 1.53. The molecule has 21 heavy (non-hydrogen) atoms. The number of anilines is 1. The average Bonchev–Trinajstić information content (AvgIpc) is 2.89. The molecule has 0 bridgehead atoms. The van der Waals surface area contributed by atoms with Gasteiger partial charge in [-0.3, -0.25) is 9.69 Å². The molecule has 3 rings (SSSR count). The normalized spacial score (nSPS) is 19.6. The first-order valence-electron chi connectivity index (χ1n) is 8.45. The fourth-order valence-electron chi connectivity index (χ4n) is 3.52. The second-order valence-corrected chi connectivity index (χ2v) is 6.43. The molecule has 0 spiro atoms. The Labute approximate surface area is 127 Å². The van der Waals surface area contributed by atoms with Gasteiger partial charge in [0.15, 0.2) is 0 Å². The number of carbonyl (C=O) groups excluding carboxylic acids is 1. The Bertz CT molecular complexity index is 490. The fraction of sp³-hybridized carbons (Fsp3) is 0.611. The van der Waals surface area contributed by atoms with Crippen LogP contribution in [0.5, 0.6) is 0 Å². The Morgan fingerprint density at radius 2 is 1.67 bits per heavy atom. The summed E-state index contributed by atoms with van der Waals surface area (Å²) in [4.78, 5) is 14.5. The predicted molar refractivity (Wildman–Crippen MR) is 86.6 cm³/mol. The highest BCUT2D eigenvalue weighted by molar-refractivity contribution is 5.92. The summed E-state index contributed by atoms with van der Waals surface area (Å²) in [6, 6.07) is 6.39. The number of nitrogens with zero attached hydrogens (tertiary/aromatic N) is 1. The van der Waals surface area contributed by atoms with Crippen LogP contribution >= 0.6 is 0 Å². The molecule has 1 aliphatic heterocycles. The number of hydrogen-bond acceptors (Lipinski definition) is 2. The molecule has 1 N–H and O–H groups in total. The largest absolute Gasteiger partial charge is 0.325 e. The first-order valence-corrected chi connectivity index (χ1v) is 8.45. The van der Waals surface area contributed by atoms with Crippen LogP contribution in [-0.4, -0.2) is 30.4 Å². The van der Waals surface area contributed by atoms with Crippen molar-refractivity contribution < 1.29 is 4.79 Å². The lowest BCUT2D eigenvalue weighted by atomic mass is 10.1. The minimum absolute atomic E-state index is 0.133. The van der Waals surface area contributed by atoms with Gasteiger partial charge in [-0.25, -0.2) is 0 Å². The van der Waals surface area contributed by atoms with Crippen molar-refractivity contribution in [1.82, 2.24) is 4.90 Å². The number of benzene rings is 1. The second-order valence-electron chi connectivity index (χ2n) is 6.43. The predicted octanol–water partition coefficient (Wildman–Crippen LogP) is 3.38. The molecule has 0 radical (unpaired) electrons. The zero-order valence-corrected chi connectivity index (χ0v) is 12.9. The van der Waals surface area contributed by atoms with Gasteiger partial charge in [-0.2, -0.15) is 0 Å². The highest BCUT2D eigenvalue weighted by Gasteiger charge is 2.14. The first kappa shape index (κ1) is 14.6. The van der Waals surface area contributed by atoms with Crippen molar-refractivity contribution in [3.63, 3.8) is 0 Å². The lowest BCUT2D eigenvalue weighted by Crippen LogP contribution is -2.35. The van der Waals surface area contributed by atoms with Crippen molar-refractivity contribution >= 4 is 11.6 Å². The van der Waals surface area contributed by atoms with E-state index in [0.717, 1.165) is 25.2 Å². The maximum absolute atomic E-state index is 12.2. The smallest absolute Gasteiger partial charge is 0.238 e. The van der Waals surface area contributed by atoms with Gasteiger partial charge in [-0.15, -0.1) is 0 Å². The maximum atomic E-state index is 12.2. The summed E-state index contributed by atoms with van der Waals surface area (Å²) >= 11 is 0. The molecule has 0 unspecified atom stereocenters. The Hall–Kier alpha value is -1.35. The number of likely N-dealkylation sites (tertiary alicyclic amines) is 1. The zero-order chi connectivity index (χ0) is 14.5. The lowest BCUT2D eigenvalue weighted by molar-refractivity contribution is -0.117. The fourth-order valence-corrected chi connectivity index (χ4v) is 3.52. The molecule has 2 aliphatic rings. The lowest BCUT2D eigenvalue weighted by Gasteiger charge is -2.23. The summed E-state index contributed by atoms with van der Waals surface area (Å²) in [6.45, 7) is 2.67. The Morgan fingerprint density at radius 3 is 2.48 bits per heavy atom. The zero-order valence-electron chi connectivity index (χ0n) is 12.9. The third kappa shape index (κ3) is 4.07. The van der Waals surface area contributed by atoms with E-state index in [1.165, 1.54) is 56.1 Å². The van der Waals surface area contributed by atoms with Crippen LogP contribution in [0.4, 0.5) is 5.69 Å². The molecule has 0 saturated carbocycles. The molecule has 0 atom stereocenters. The Morgan fingerprint density at radius 1 is 0.952 bits per heavy atom. The summed E-state index contributed by atoms with van der Waals surface area (Å²) in [5, 5.41) is 3.07. The minimum atomic E-state index is 0.133. The summed E-state index contributed by atoms with van der Waals surface area (Å²) in [7, 11) is 0. The van der Waals surface area contributed by atoms with Gasteiger partial charge in [0, 0.05) is 5.69 Å². The van der Waals surface area contributed by atoms with Crippen molar-refractivity contribution in [3.8, 4) is 0 Å². The van der Waals surface area contributed by atoms with E-state index in [9.17, 15) is 4.79 Å². The number of nitrogens with one attached hydrogen (secondary N) is 1. The summed E-state index contributed by atoms with van der Waals surface area (Å²) in [6.07, 6.45) is 10.0. The van der Waals surface area contributed by atoms with Gasteiger partial charge in [0.1, 0.15) is 0 Å². The molecule has 1 amide bonds. The molecular formula is C18H26N2O. The highest BCUT2D eigenvalue weighted by Crippen LogP contribution is 2.24. The number of aryl methyl sites for hydroxylation is 2. The van der Waals surface area contributed by atoms with Gasteiger partial charge in [0.2, 0.25) is 5.91 Å². The van der Waals surface area contributed by atoms with Gasteiger partial charge in [0.05, 0.1) is 6.54 Å². The number of amides is 1. The molecule has 1 aromatic carbocycles. The third-order valence-electron chi connectivity index (χ3n) is 4.70. The third-order valence-corrected chi connectivity index (χ3v) is 4.70. The molecule has 1 aliphatic carbocycles. The molecule has 114 valence electrons. The van der Waals surface area contributed by atoms with Crippen molar-refractivity contribution in [2.24, 2.45) is 0 Å². The van der Waals surface area contributed by atoms with Gasteiger partial charge >= 0.3 is 0 Å². The Kier molecular flexibility index (Phi) is 4.91. The maximum Gasteiger partial charge on any atom is 0.238 e. The molecule has 1 fully saturated rings. The number of carbonyl (C=O) groups is 1. The van der Waals surface area contributed by atoms with Crippen LogP contribution in [-0.2, 0) is 17.6 Å². The molecule has 1 aromatic rings. The molecular weight excluding hydrogens is 260 g/mol.